The van der Waals surface area contributed by atoms with Crippen LogP contribution in [0.3, 0.4) is 0 Å². The number of aryl methyl sites for hydroxylation is 1. The molecule has 7 nitrogen and oxygen atoms in total. The molecule has 0 saturated heterocycles. The summed E-state index contributed by atoms with van der Waals surface area (Å²) in [6.07, 6.45) is 3.71. The summed E-state index contributed by atoms with van der Waals surface area (Å²) in [4.78, 5) is 15.0. The third kappa shape index (κ3) is 2.70. The standard InChI is InChI=1S/C13H13N5O2S/c1-9-6-16-17(7-9)5-4-14-10-2-3-11-12(15-8-21-11)13(10)18(19)20/h2-3,6-8,14H,4-5H2,1H3. The average Bonchev–Trinajstić information content (AvgIpc) is 3.06. The molecule has 0 amide bonds. The molecule has 0 saturated carbocycles. The van der Waals surface area contributed by atoms with Gasteiger partial charge in [0.05, 0.1) is 27.9 Å². The van der Waals surface area contributed by atoms with Crippen molar-refractivity contribution in [2.24, 2.45) is 0 Å². The van der Waals surface area contributed by atoms with Crippen LogP contribution in [0.1, 0.15) is 5.56 Å². The summed E-state index contributed by atoms with van der Waals surface area (Å²) >= 11 is 1.39. The Kier molecular flexibility index (Phi) is 3.53. The third-order valence-corrected chi connectivity index (χ3v) is 3.87. The third-order valence-electron chi connectivity index (χ3n) is 3.08. The highest BCUT2D eigenvalue weighted by Gasteiger charge is 2.20. The Hall–Kier alpha value is -2.48. The molecule has 0 atom stereocenters. The molecule has 0 bridgehead atoms. The van der Waals surface area contributed by atoms with Crippen LogP contribution >= 0.6 is 11.3 Å². The van der Waals surface area contributed by atoms with Gasteiger partial charge in [0.1, 0.15) is 5.69 Å². The molecule has 3 rings (SSSR count). The van der Waals surface area contributed by atoms with E-state index in [2.05, 4.69) is 15.4 Å². The van der Waals surface area contributed by atoms with Crippen molar-refractivity contribution in [2.45, 2.75) is 13.5 Å². The Morgan fingerprint density at radius 1 is 1.48 bits per heavy atom. The van der Waals surface area contributed by atoms with E-state index in [1.165, 1.54) is 11.3 Å². The summed E-state index contributed by atoms with van der Waals surface area (Å²) in [6, 6.07) is 3.58. The molecule has 1 N–H and O–H groups in total. The first-order valence-electron chi connectivity index (χ1n) is 6.38. The molecular formula is C13H13N5O2S. The first-order chi connectivity index (χ1) is 10.1. The molecule has 21 heavy (non-hydrogen) atoms. The summed E-state index contributed by atoms with van der Waals surface area (Å²) in [5.74, 6) is 0. The number of nitro benzene ring substituents is 1. The molecular weight excluding hydrogens is 290 g/mol. The van der Waals surface area contributed by atoms with Crippen molar-refractivity contribution in [3.8, 4) is 0 Å². The Morgan fingerprint density at radius 3 is 3.05 bits per heavy atom. The maximum absolute atomic E-state index is 11.3. The van der Waals surface area contributed by atoms with Crippen LogP contribution in [0.5, 0.6) is 0 Å². The topological polar surface area (TPSA) is 85.9 Å². The van der Waals surface area contributed by atoms with Gasteiger partial charge < -0.3 is 5.32 Å². The van der Waals surface area contributed by atoms with Crippen molar-refractivity contribution in [1.82, 2.24) is 14.8 Å². The van der Waals surface area contributed by atoms with Crippen molar-refractivity contribution < 1.29 is 4.92 Å². The fourth-order valence-electron chi connectivity index (χ4n) is 2.14. The lowest BCUT2D eigenvalue weighted by atomic mass is 10.2. The second-order valence-corrected chi connectivity index (χ2v) is 5.51. The molecule has 0 radical (unpaired) electrons. The normalized spacial score (nSPS) is 10.9. The molecule has 0 spiro atoms. The van der Waals surface area contributed by atoms with Gasteiger partial charge in [0.25, 0.3) is 0 Å². The zero-order valence-electron chi connectivity index (χ0n) is 11.3. The van der Waals surface area contributed by atoms with Crippen molar-refractivity contribution >= 4 is 32.9 Å². The number of aromatic nitrogens is 3. The molecule has 1 aromatic carbocycles. The van der Waals surface area contributed by atoms with E-state index in [0.29, 0.717) is 24.3 Å². The highest BCUT2D eigenvalue weighted by atomic mass is 32.1. The second kappa shape index (κ2) is 5.49. The van der Waals surface area contributed by atoms with Crippen LogP contribution in [0.4, 0.5) is 11.4 Å². The van der Waals surface area contributed by atoms with Crippen molar-refractivity contribution in [3.05, 3.63) is 45.7 Å². The highest BCUT2D eigenvalue weighted by molar-refractivity contribution is 7.16. The number of benzene rings is 1. The quantitative estimate of drug-likeness (QED) is 0.578. The minimum atomic E-state index is -0.386. The molecule has 0 aliphatic carbocycles. The van der Waals surface area contributed by atoms with Crippen LogP contribution in [-0.4, -0.2) is 26.2 Å². The van der Waals surface area contributed by atoms with E-state index >= 15 is 0 Å². The molecule has 108 valence electrons. The van der Waals surface area contributed by atoms with Crippen LogP contribution in [0.25, 0.3) is 10.2 Å². The van der Waals surface area contributed by atoms with Gasteiger partial charge in [-0.1, -0.05) is 0 Å². The number of hydrogen-bond donors (Lipinski definition) is 1. The zero-order valence-corrected chi connectivity index (χ0v) is 12.1. The van der Waals surface area contributed by atoms with Gasteiger partial charge in [-0.05, 0) is 24.6 Å². The van der Waals surface area contributed by atoms with Gasteiger partial charge >= 0.3 is 5.69 Å². The van der Waals surface area contributed by atoms with Gasteiger partial charge in [-0.3, -0.25) is 14.8 Å². The van der Waals surface area contributed by atoms with Gasteiger partial charge in [0.2, 0.25) is 0 Å². The van der Waals surface area contributed by atoms with E-state index in [-0.39, 0.29) is 10.6 Å². The first kappa shape index (κ1) is 13.5. The molecule has 2 heterocycles. The van der Waals surface area contributed by atoms with Crippen LogP contribution in [-0.2, 0) is 6.54 Å². The Morgan fingerprint density at radius 2 is 2.33 bits per heavy atom. The van der Waals surface area contributed by atoms with Crippen molar-refractivity contribution in [3.63, 3.8) is 0 Å². The fourth-order valence-corrected chi connectivity index (χ4v) is 2.82. The fraction of sp³-hybridized carbons (Fsp3) is 0.231. The minimum Gasteiger partial charge on any atom is -0.378 e. The van der Waals surface area contributed by atoms with Gasteiger partial charge in [-0.2, -0.15) is 5.10 Å². The van der Waals surface area contributed by atoms with Gasteiger partial charge in [-0.25, -0.2) is 4.98 Å². The van der Waals surface area contributed by atoms with E-state index in [4.69, 9.17) is 0 Å². The summed E-state index contributed by atoms with van der Waals surface area (Å²) in [5.41, 5.74) is 3.66. The second-order valence-electron chi connectivity index (χ2n) is 4.63. The van der Waals surface area contributed by atoms with Crippen molar-refractivity contribution in [2.75, 3.05) is 11.9 Å². The number of rotatable bonds is 5. The number of nitro groups is 1. The number of fused-ring (bicyclic) bond motifs is 1. The molecule has 0 fully saturated rings. The van der Waals surface area contributed by atoms with Crippen LogP contribution in [0.2, 0.25) is 0 Å². The predicted molar refractivity (Wildman–Crippen MR) is 81.7 cm³/mol. The smallest absolute Gasteiger partial charge is 0.319 e. The lowest BCUT2D eigenvalue weighted by Crippen LogP contribution is -2.11. The molecule has 3 aromatic rings. The number of nitrogens with one attached hydrogen (secondary N) is 1. The summed E-state index contributed by atoms with van der Waals surface area (Å²) in [7, 11) is 0. The SMILES string of the molecule is Cc1cnn(CCNc2ccc3scnc3c2[N+](=O)[O-])c1. The highest BCUT2D eigenvalue weighted by Crippen LogP contribution is 2.34. The Bertz CT molecular complexity index is 795. The maximum Gasteiger partial charge on any atom is 0.319 e. The van der Waals surface area contributed by atoms with Gasteiger partial charge in [0.15, 0.2) is 5.52 Å². The van der Waals surface area contributed by atoms with E-state index in [9.17, 15) is 10.1 Å². The first-order valence-corrected chi connectivity index (χ1v) is 7.26. The lowest BCUT2D eigenvalue weighted by Gasteiger charge is -2.07. The van der Waals surface area contributed by atoms with Crippen LogP contribution < -0.4 is 5.32 Å². The van der Waals surface area contributed by atoms with Crippen LogP contribution in [0.15, 0.2) is 30.0 Å². The monoisotopic (exact) mass is 303 g/mol. The minimum absolute atomic E-state index is 0.0328. The van der Waals surface area contributed by atoms with E-state index < -0.39 is 0 Å². The number of thiazole rings is 1. The van der Waals surface area contributed by atoms with Gasteiger partial charge in [0, 0.05) is 12.7 Å². The predicted octanol–water partition coefficient (Wildman–Crippen LogP) is 2.82. The molecule has 8 heteroatoms. The lowest BCUT2D eigenvalue weighted by molar-refractivity contribution is -0.382. The van der Waals surface area contributed by atoms with E-state index in [1.54, 1.807) is 22.5 Å². The molecule has 0 aliphatic heterocycles. The summed E-state index contributed by atoms with van der Waals surface area (Å²) in [6.45, 7) is 3.16. The maximum atomic E-state index is 11.3. The number of hydrogen-bond acceptors (Lipinski definition) is 6. The Labute approximate surface area is 124 Å². The number of nitrogens with zero attached hydrogens (tertiary/aromatic N) is 4. The van der Waals surface area contributed by atoms with Crippen LogP contribution in [0, 0.1) is 17.0 Å². The molecule has 0 unspecified atom stereocenters. The zero-order chi connectivity index (χ0) is 14.8. The number of anilines is 1. The molecule has 0 aliphatic rings. The van der Waals surface area contributed by atoms with E-state index in [0.717, 1.165) is 10.3 Å². The van der Waals surface area contributed by atoms with E-state index in [1.807, 2.05) is 19.2 Å². The Balaban J connectivity index is 1.80. The summed E-state index contributed by atoms with van der Waals surface area (Å²) < 4.78 is 2.62. The van der Waals surface area contributed by atoms with Gasteiger partial charge in [-0.15, -0.1) is 11.3 Å². The molecule has 2 aromatic heterocycles. The largest absolute Gasteiger partial charge is 0.378 e. The average molecular weight is 303 g/mol. The summed E-state index contributed by atoms with van der Waals surface area (Å²) in [5, 5.41) is 18.6. The van der Waals surface area contributed by atoms with Crippen molar-refractivity contribution in [1.29, 1.82) is 0 Å².